The summed E-state index contributed by atoms with van der Waals surface area (Å²) in [6, 6.07) is 12.4. The molecule has 0 aliphatic carbocycles. The molecule has 0 unspecified atom stereocenters. The van der Waals surface area contributed by atoms with Crippen LogP contribution in [0.3, 0.4) is 0 Å². The second-order valence-electron chi connectivity index (χ2n) is 5.44. The quantitative estimate of drug-likeness (QED) is 0.866. The molecule has 1 aliphatic rings. The van der Waals surface area contributed by atoms with Crippen molar-refractivity contribution in [3.05, 3.63) is 60.1 Å². The van der Waals surface area contributed by atoms with E-state index in [1.807, 2.05) is 18.2 Å². The molecular formula is C18H19N5. The van der Waals surface area contributed by atoms with Gasteiger partial charge in [0.25, 0.3) is 0 Å². The minimum atomic E-state index is 0.407. The average Bonchev–Trinajstić information content (AvgIpc) is 2.63. The maximum Gasteiger partial charge on any atom is 0.183 e. The Bertz CT molecular complexity index is 697. The van der Waals surface area contributed by atoms with E-state index >= 15 is 0 Å². The lowest BCUT2D eigenvalue weighted by Gasteiger charge is -2.34. The number of piperazine rings is 1. The van der Waals surface area contributed by atoms with Gasteiger partial charge in [-0.1, -0.05) is 42.5 Å². The van der Waals surface area contributed by atoms with Crippen molar-refractivity contribution in [3.8, 4) is 6.07 Å². The molecule has 1 aromatic heterocycles. The highest BCUT2D eigenvalue weighted by molar-refractivity contribution is 5.50. The van der Waals surface area contributed by atoms with E-state index in [1.54, 1.807) is 12.4 Å². The molecule has 5 nitrogen and oxygen atoms in total. The van der Waals surface area contributed by atoms with E-state index < -0.39 is 0 Å². The molecule has 1 aliphatic heterocycles. The van der Waals surface area contributed by atoms with Crippen LogP contribution in [0, 0.1) is 11.3 Å². The van der Waals surface area contributed by atoms with Crippen molar-refractivity contribution >= 4 is 11.9 Å². The molecule has 0 N–H and O–H groups in total. The van der Waals surface area contributed by atoms with Gasteiger partial charge in [-0.05, 0) is 5.56 Å². The van der Waals surface area contributed by atoms with Gasteiger partial charge in [-0.15, -0.1) is 0 Å². The van der Waals surface area contributed by atoms with Gasteiger partial charge in [-0.3, -0.25) is 4.90 Å². The third-order valence-corrected chi connectivity index (χ3v) is 3.93. The molecule has 0 radical (unpaired) electrons. The van der Waals surface area contributed by atoms with E-state index in [1.165, 1.54) is 5.56 Å². The zero-order valence-corrected chi connectivity index (χ0v) is 13.0. The smallest absolute Gasteiger partial charge is 0.183 e. The molecule has 2 aromatic rings. The third-order valence-electron chi connectivity index (χ3n) is 3.93. The van der Waals surface area contributed by atoms with Crippen molar-refractivity contribution in [2.45, 2.75) is 0 Å². The van der Waals surface area contributed by atoms with Gasteiger partial charge < -0.3 is 4.90 Å². The molecule has 0 saturated carbocycles. The fourth-order valence-electron chi connectivity index (χ4n) is 2.69. The Morgan fingerprint density at radius 2 is 1.78 bits per heavy atom. The highest BCUT2D eigenvalue weighted by Crippen LogP contribution is 2.16. The largest absolute Gasteiger partial charge is 0.352 e. The van der Waals surface area contributed by atoms with Gasteiger partial charge in [-0.25, -0.2) is 9.97 Å². The lowest BCUT2D eigenvalue weighted by Crippen LogP contribution is -2.46. The first-order valence-electron chi connectivity index (χ1n) is 7.77. The zero-order valence-electron chi connectivity index (χ0n) is 13.0. The summed E-state index contributed by atoms with van der Waals surface area (Å²) < 4.78 is 0. The van der Waals surface area contributed by atoms with E-state index in [0.717, 1.165) is 32.7 Å². The minimum Gasteiger partial charge on any atom is -0.352 e. The number of anilines is 1. The molecular weight excluding hydrogens is 286 g/mol. The van der Waals surface area contributed by atoms with E-state index in [0.29, 0.717) is 11.5 Å². The third kappa shape index (κ3) is 3.93. The molecule has 1 saturated heterocycles. The molecule has 23 heavy (non-hydrogen) atoms. The number of nitriles is 1. The first kappa shape index (κ1) is 15.2. The number of aromatic nitrogens is 2. The van der Waals surface area contributed by atoms with E-state index in [-0.39, 0.29) is 0 Å². The number of hydrogen-bond acceptors (Lipinski definition) is 5. The van der Waals surface area contributed by atoms with Crippen LogP contribution < -0.4 is 4.90 Å². The molecule has 2 heterocycles. The van der Waals surface area contributed by atoms with Crippen LogP contribution in [0.25, 0.3) is 6.08 Å². The van der Waals surface area contributed by atoms with Crippen LogP contribution in [0.4, 0.5) is 5.82 Å². The van der Waals surface area contributed by atoms with Gasteiger partial charge in [0.05, 0.1) is 0 Å². The molecule has 116 valence electrons. The van der Waals surface area contributed by atoms with Crippen molar-refractivity contribution < 1.29 is 0 Å². The summed E-state index contributed by atoms with van der Waals surface area (Å²) in [5, 5.41) is 9.13. The second-order valence-corrected chi connectivity index (χ2v) is 5.44. The molecule has 1 fully saturated rings. The molecule has 5 heteroatoms. The Hall–Kier alpha value is -2.71. The fourth-order valence-corrected chi connectivity index (χ4v) is 2.69. The van der Waals surface area contributed by atoms with Gasteiger partial charge in [0.1, 0.15) is 6.07 Å². The Labute approximate surface area is 136 Å². The van der Waals surface area contributed by atoms with E-state index in [2.05, 4.69) is 50.1 Å². The molecule has 0 amide bonds. The summed E-state index contributed by atoms with van der Waals surface area (Å²) >= 11 is 0. The maximum absolute atomic E-state index is 9.13. The van der Waals surface area contributed by atoms with Crippen LogP contribution in [-0.4, -0.2) is 47.6 Å². The van der Waals surface area contributed by atoms with Gasteiger partial charge in [0.2, 0.25) is 0 Å². The monoisotopic (exact) mass is 305 g/mol. The Balaban J connectivity index is 1.53. The summed E-state index contributed by atoms with van der Waals surface area (Å²) in [6.45, 7) is 4.59. The zero-order chi connectivity index (χ0) is 15.9. The lowest BCUT2D eigenvalue weighted by molar-refractivity contribution is 0.283. The van der Waals surface area contributed by atoms with Crippen LogP contribution in [0.5, 0.6) is 0 Å². The SMILES string of the molecule is N#Cc1nccnc1N1CCN(C/C=C/c2ccccc2)CC1. The van der Waals surface area contributed by atoms with Gasteiger partial charge in [-0.2, -0.15) is 5.26 Å². The predicted molar refractivity (Wildman–Crippen MR) is 90.9 cm³/mol. The van der Waals surface area contributed by atoms with Crippen molar-refractivity contribution in [2.24, 2.45) is 0 Å². The lowest BCUT2D eigenvalue weighted by atomic mass is 10.2. The standard InChI is InChI=1S/C18H19N5/c19-15-17-18(21-9-8-20-17)23-13-11-22(12-14-23)10-4-7-16-5-2-1-3-6-16/h1-9H,10-14H2/b7-4+. The Morgan fingerprint density at radius 3 is 2.52 bits per heavy atom. The summed E-state index contributed by atoms with van der Waals surface area (Å²) in [5.41, 5.74) is 1.63. The van der Waals surface area contributed by atoms with Crippen molar-refractivity contribution in [3.63, 3.8) is 0 Å². The van der Waals surface area contributed by atoms with E-state index in [9.17, 15) is 0 Å². The van der Waals surface area contributed by atoms with Crippen molar-refractivity contribution in [1.29, 1.82) is 5.26 Å². The topological polar surface area (TPSA) is 56.1 Å². The predicted octanol–water partition coefficient (Wildman–Crippen LogP) is 2.18. The van der Waals surface area contributed by atoms with Crippen LogP contribution in [0.1, 0.15) is 11.3 Å². The first-order chi connectivity index (χ1) is 11.4. The molecule has 3 rings (SSSR count). The highest BCUT2D eigenvalue weighted by Gasteiger charge is 2.19. The van der Waals surface area contributed by atoms with E-state index in [4.69, 9.17) is 5.26 Å². The highest BCUT2D eigenvalue weighted by atomic mass is 15.3. The number of nitrogens with zero attached hydrogens (tertiary/aromatic N) is 5. The summed E-state index contributed by atoms with van der Waals surface area (Å²) in [6.07, 6.45) is 7.56. The van der Waals surface area contributed by atoms with Crippen LogP contribution in [0.15, 0.2) is 48.8 Å². The summed E-state index contributed by atoms with van der Waals surface area (Å²) in [5.74, 6) is 0.703. The van der Waals surface area contributed by atoms with Gasteiger partial charge in [0, 0.05) is 45.1 Å². The van der Waals surface area contributed by atoms with Gasteiger partial charge >= 0.3 is 0 Å². The van der Waals surface area contributed by atoms with Crippen LogP contribution in [0.2, 0.25) is 0 Å². The Morgan fingerprint density at radius 1 is 1.04 bits per heavy atom. The number of benzene rings is 1. The summed E-state index contributed by atoms with van der Waals surface area (Å²) in [7, 11) is 0. The average molecular weight is 305 g/mol. The van der Waals surface area contributed by atoms with Crippen molar-refractivity contribution in [1.82, 2.24) is 14.9 Å². The molecule has 1 aromatic carbocycles. The number of rotatable bonds is 4. The first-order valence-corrected chi connectivity index (χ1v) is 7.77. The minimum absolute atomic E-state index is 0.407. The van der Waals surface area contributed by atoms with Crippen molar-refractivity contribution in [2.75, 3.05) is 37.6 Å². The number of hydrogen-bond donors (Lipinski definition) is 0. The van der Waals surface area contributed by atoms with Gasteiger partial charge in [0.15, 0.2) is 11.5 Å². The van der Waals surface area contributed by atoms with Crippen LogP contribution >= 0.6 is 0 Å². The Kier molecular flexibility index (Phi) is 4.97. The molecule has 0 atom stereocenters. The normalized spacial score (nSPS) is 15.7. The maximum atomic E-state index is 9.13. The molecule has 0 spiro atoms. The summed E-state index contributed by atoms with van der Waals surface area (Å²) in [4.78, 5) is 12.9. The second kappa shape index (κ2) is 7.52. The van der Waals surface area contributed by atoms with Crippen LogP contribution in [-0.2, 0) is 0 Å². The molecule has 0 bridgehead atoms. The fraction of sp³-hybridized carbons (Fsp3) is 0.278.